The van der Waals surface area contributed by atoms with E-state index in [9.17, 15) is 0 Å². The van der Waals surface area contributed by atoms with Crippen molar-refractivity contribution in [3.63, 3.8) is 0 Å². The molecule has 0 fully saturated rings. The molecular weight excluding hydrogens is 142 g/mol. The molecule has 0 aliphatic carbocycles. The average molecular weight is 152 g/mol. The summed E-state index contributed by atoms with van der Waals surface area (Å²) in [5.41, 5.74) is 6.90. The van der Waals surface area contributed by atoms with E-state index in [4.69, 9.17) is 5.73 Å². The third-order valence-corrected chi connectivity index (χ3v) is 2.11. The zero-order chi connectivity index (χ0) is 7.40. The first-order valence-corrected chi connectivity index (χ1v) is 4.38. The zero-order valence-electron chi connectivity index (χ0n) is 5.87. The van der Waals surface area contributed by atoms with Crippen molar-refractivity contribution in [3.05, 3.63) is 35.9 Å². The lowest BCUT2D eigenvalue weighted by Crippen LogP contribution is -2.04. The Balaban J connectivity index is 2.75. The summed E-state index contributed by atoms with van der Waals surface area (Å²) >= 11 is 1.64. The Bertz CT molecular complexity index is 186. The minimum Gasteiger partial charge on any atom is -0.316 e. The quantitative estimate of drug-likeness (QED) is 0.654. The molecule has 1 nitrogen and oxygen atoms in total. The zero-order valence-corrected chi connectivity index (χ0v) is 6.69. The molecule has 53 valence electrons. The van der Waals surface area contributed by atoms with E-state index in [1.807, 2.05) is 30.5 Å². The molecule has 0 amide bonds. The van der Waals surface area contributed by atoms with E-state index in [1.165, 1.54) is 0 Å². The van der Waals surface area contributed by atoms with Crippen LogP contribution in [0.15, 0.2) is 24.3 Å². The molecule has 2 heteroatoms. The van der Waals surface area contributed by atoms with Crippen LogP contribution in [-0.2, 0) is 0 Å². The Morgan fingerprint density at radius 3 is 2.60 bits per heavy atom. The summed E-state index contributed by atoms with van der Waals surface area (Å²) in [5, 5.41) is 0.106. The van der Waals surface area contributed by atoms with Crippen LogP contribution < -0.4 is 5.73 Å². The third kappa shape index (κ3) is 1.75. The fourth-order valence-corrected chi connectivity index (χ4v) is 1.15. The molecule has 1 unspecified atom stereocenters. The van der Waals surface area contributed by atoms with Crippen LogP contribution in [0.5, 0.6) is 0 Å². The van der Waals surface area contributed by atoms with Crippen LogP contribution in [0.1, 0.15) is 10.9 Å². The summed E-state index contributed by atoms with van der Waals surface area (Å²) in [7, 11) is 0. The summed E-state index contributed by atoms with van der Waals surface area (Å²) in [4.78, 5) is 0. The van der Waals surface area contributed by atoms with Crippen LogP contribution in [0.25, 0.3) is 0 Å². The molecule has 0 saturated heterocycles. The minimum atomic E-state index is 0.106. The molecule has 0 aliphatic rings. The molecule has 1 atom stereocenters. The largest absolute Gasteiger partial charge is 0.316 e. The summed E-state index contributed by atoms with van der Waals surface area (Å²) in [6, 6.07) is 10.7. The van der Waals surface area contributed by atoms with E-state index in [2.05, 4.69) is 6.07 Å². The maximum Gasteiger partial charge on any atom is 0.0761 e. The van der Waals surface area contributed by atoms with Gasteiger partial charge in [-0.2, -0.15) is 0 Å². The number of hydrogen-bond acceptors (Lipinski definition) is 2. The van der Waals surface area contributed by atoms with Gasteiger partial charge in [0.2, 0.25) is 0 Å². The van der Waals surface area contributed by atoms with Gasteiger partial charge in [0.1, 0.15) is 0 Å². The van der Waals surface area contributed by atoms with Crippen molar-refractivity contribution in [1.82, 2.24) is 0 Å². The van der Waals surface area contributed by atoms with Gasteiger partial charge in [-0.15, -0.1) is 11.8 Å². The lowest BCUT2D eigenvalue weighted by Gasteiger charge is -2.06. The molecular formula is C8H10NS. The van der Waals surface area contributed by atoms with Crippen molar-refractivity contribution in [2.45, 2.75) is 5.37 Å². The van der Waals surface area contributed by atoms with Gasteiger partial charge in [-0.3, -0.25) is 0 Å². The Kier molecular flexibility index (Phi) is 2.78. The van der Waals surface area contributed by atoms with Gasteiger partial charge in [-0.1, -0.05) is 24.3 Å². The standard InChI is InChI=1S/C8H10NS/c1-10-8(9)7-5-3-2-4-6-7/h3-6,8H,9H2,1H3. The maximum atomic E-state index is 5.74. The Labute approximate surface area is 65.6 Å². The lowest BCUT2D eigenvalue weighted by molar-refractivity contribution is 1.04. The SMILES string of the molecule is CSC(N)c1cc[c]cc1. The van der Waals surface area contributed by atoms with Crippen molar-refractivity contribution in [2.24, 2.45) is 5.73 Å². The Morgan fingerprint density at radius 1 is 1.50 bits per heavy atom. The fourth-order valence-electron chi connectivity index (χ4n) is 0.726. The van der Waals surface area contributed by atoms with Crippen LogP contribution in [0.2, 0.25) is 0 Å². The topological polar surface area (TPSA) is 26.0 Å². The molecule has 1 rings (SSSR count). The first kappa shape index (κ1) is 7.63. The van der Waals surface area contributed by atoms with Gasteiger partial charge in [0.15, 0.2) is 0 Å². The summed E-state index contributed by atoms with van der Waals surface area (Å²) in [5.74, 6) is 0. The van der Waals surface area contributed by atoms with Crippen LogP contribution in [-0.4, -0.2) is 6.26 Å². The van der Waals surface area contributed by atoms with Crippen LogP contribution in [0.4, 0.5) is 0 Å². The van der Waals surface area contributed by atoms with E-state index < -0.39 is 0 Å². The highest BCUT2D eigenvalue weighted by atomic mass is 32.2. The third-order valence-electron chi connectivity index (χ3n) is 1.33. The van der Waals surface area contributed by atoms with E-state index in [1.54, 1.807) is 11.8 Å². The predicted molar refractivity (Wildman–Crippen MR) is 45.7 cm³/mol. The number of thioether (sulfide) groups is 1. The maximum absolute atomic E-state index is 5.74. The van der Waals surface area contributed by atoms with Gasteiger partial charge in [-0.05, 0) is 17.9 Å². The summed E-state index contributed by atoms with van der Waals surface area (Å²) in [6.45, 7) is 0. The molecule has 0 saturated carbocycles. The highest BCUT2D eigenvalue weighted by molar-refractivity contribution is 7.98. The summed E-state index contributed by atoms with van der Waals surface area (Å²) in [6.07, 6.45) is 2.00. The monoisotopic (exact) mass is 152 g/mol. The molecule has 1 aromatic rings. The van der Waals surface area contributed by atoms with Gasteiger partial charge < -0.3 is 5.73 Å². The van der Waals surface area contributed by atoms with Gasteiger partial charge in [-0.25, -0.2) is 0 Å². The first-order chi connectivity index (χ1) is 4.84. The van der Waals surface area contributed by atoms with E-state index >= 15 is 0 Å². The smallest absolute Gasteiger partial charge is 0.0761 e. The van der Waals surface area contributed by atoms with E-state index in [0.29, 0.717) is 0 Å². The molecule has 0 heterocycles. The van der Waals surface area contributed by atoms with Crippen LogP contribution >= 0.6 is 11.8 Å². The van der Waals surface area contributed by atoms with E-state index in [0.717, 1.165) is 5.56 Å². The molecule has 0 aliphatic heterocycles. The van der Waals surface area contributed by atoms with Gasteiger partial charge >= 0.3 is 0 Å². The second-order valence-electron chi connectivity index (χ2n) is 1.99. The fraction of sp³-hybridized carbons (Fsp3) is 0.250. The molecule has 1 aromatic carbocycles. The molecule has 0 spiro atoms. The Hall–Kier alpha value is -0.470. The minimum absolute atomic E-state index is 0.106. The predicted octanol–water partition coefficient (Wildman–Crippen LogP) is 1.81. The van der Waals surface area contributed by atoms with Crippen molar-refractivity contribution in [3.8, 4) is 0 Å². The van der Waals surface area contributed by atoms with Crippen LogP contribution in [0, 0.1) is 6.07 Å². The molecule has 10 heavy (non-hydrogen) atoms. The highest BCUT2D eigenvalue weighted by Crippen LogP contribution is 2.18. The van der Waals surface area contributed by atoms with Crippen molar-refractivity contribution in [1.29, 1.82) is 0 Å². The Morgan fingerprint density at radius 2 is 2.10 bits per heavy atom. The lowest BCUT2D eigenvalue weighted by atomic mass is 10.2. The van der Waals surface area contributed by atoms with Crippen molar-refractivity contribution in [2.75, 3.05) is 6.26 Å². The van der Waals surface area contributed by atoms with Crippen LogP contribution in [0.3, 0.4) is 0 Å². The van der Waals surface area contributed by atoms with Crippen molar-refractivity contribution >= 4 is 11.8 Å². The second-order valence-corrected chi connectivity index (χ2v) is 2.97. The highest BCUT2D eigenvalue weighted by Gasteiger charge is 1.99. The van der Waals surface area contributed by atoms with Gasteiger partial charge in [0.25, 0.3) is 0 Å². The number of hydrogen-bond donors (Lipinski definition) is 1. The van der Waals surface area contributed by atoms with Gasteiger partial charge in [0, 0.05) is 0 Å². The first-order valence-electron chi connectivity index (χ1n) is 3.09. The van der Waals surface area contributed by atoms with E-state index in [-0.39, 0.29) is 5.37 Å². The second kappa shape index (κ2) is 3.64. The average Bonchev–Trinajstić information content (AvgIpc) is 2.05. The summed E-state index contributed by atoms with van der Waals surface area (Å²) < 4.78 is 0. The molecule has 0 bridgehead atoms. The number of rotatable bonds is 2. The number of benzene rings is 1. The normalized spacial score (nSPS) is 13.0. The van der Waals surface area contributed by atoms with Crippen molar-refractivity contribution < 1.29 is 0 Å². The van der Waals surface area contributed by atoms with Gasteiger partial charge in [0.05, 0.1) is 5.37 Å². The molecule has 1 radical (unpaired) electrons. The number of nitrogens with two attached hydrogens (primary N) is 1. The molecule has 2 N–H and O–H groups in total. The molecule has 0 aromatic heterocycles.